The summed E-state index contributed by atoms with van der Waals surface area (Å²) >= 11 is 5.84. The van der Waals surface area contributed by atoms with Gasteiger partial charge >= 0.3 is 12.1 Å². The molecule has 0 spiro atoms. The molecule has 1 unspecified atom stereocenters. The van der Waals surface area contributed by atoms with E-state index in [1.165, 1.54) is 0 Å². The molecule has 4 amide bonds. The van der Waals surface area contributed by atoms with Crippen molar-refractivity contribution in [3.63, 3.8) is 0 Å². The Hall–Kier alpha value is -3.07. The Balaban J connectivity index is 1.22. The molecule has 1 aromatic heterocycles. The minimum absolute atomic E-state index is 0.00861. The third-order valence-corrected chi connectivity index (χ3v) is 6.34. The number of amides is 4. The highest BCUT2D eigenvalue weighted by Gasteiger charge is 2.36. The van der Waals surface area contributed by atoms with Crippen molar-refractivity contribution in [3.05, 3.63) is 47.0 Å². The number of carbonyl (C=O) groups is 3. The van der Waals surface area contributed by atoms with Crippen molar-refractivity contribution >= 4 is 35.3 Å². The highest BCUT2D eigenvalue weighted by atomic mass is 35.5. The van der Waals surface area contributed by atoms with Gasteiger partial charge in [-0.1, -0.05) is 18.5 Å². The smallest absolute Gasteiger partial charge is 0.330 e. The fourth-order valence-corrected chi connectivity index (χ4v) is 4.40. The number of likely N-dealkylation sites (tertiary alicyclic amines) is 1. The van der Waals surface area contributed by atoms with Gasteiger partial charge in [0.15, 0.2) is 0 Å². The van der Waals surface area contributed by atoms with Crippen LogP contribution in [0.1, 0.15) is 31.3 Å². The second-order valence-electron chi connectivity index (χ2n) is 8.34. The number of urea groups is 1. The highest BCUT2D eigenvalue weighted by Crippen LogP contribution is 2.26. The third-order valence-electron chi connectivity index (χ3n) is 6.09. The maximum absolute atomic E-state index is 12.8. The van der Waals surface area contributed by atoms with Gasteiger partial charge < -0.3 is 20.4 Å². The van der Waals surface area contributed by atoms with Crippen LogP contribution in [0, 0.1) is 12.8 Å². The Morgan fingerprint density at radius 2 is 1.91 bits per heavy atom. The Morgan fingerprint density at radius 1 is 1.22 bits per heavy atom. The van der Waals surface area contributed by atoms with Gasteiger partial charge in [-0.25, -0.2) is 14.6 Å². The maximum atomic E-state index is 12.8. The van der Waals surface area contributed by atoms with Gasteiger partial charge in [-0.05, 0) is 44.0 Å². The Bertz CT molecular complexity index is 1010. The Labute approximate surface area is 191 Å². The summed E-state index contributed by atoms with van der Waals surface area (Å²) < 4.78 is 1.67. The van der Waals surface area contributed by atoms with Gasteiger partial charge in [0.2, 0.25) is 5.91 Å². The van der Waals surface area contributed by atoms with Crippen molar-refractivity contribution in [1.82, 2.24) is 24.7 Å². The zero-order chi connectivity index (χ0) is 22.8. The van der Waals surface area contributed by atoms with Crippen LogP contribution < -0.4 is 10.6 Å². The topological polar surface area (TPSA) is 99.6 Å². The lowest BCUT2D eigenvalue weighted by molar-refractivity contribution is -0.136. The number of benzene rings is 1. The largest absolute Gasteiger partial charge is 0.342 e. The van der Waals surface area contributed by atoms with E-state index in [0.29, 0.717) is 36.2 Å². The van der Waals surface area contributed by atoms with Crippen molar-refractivity contribution in [1.29, 1.82) is 0 Å². The lowest BCUT2D eigenvalue weighted by Crippen LogP contribution is -2.49. The fourth-order valence-electron chi connectivity index (χ4n) is 4.27. The number of hydrogen-bond acceptors (Lipinski definition) is 4. The molecule has 2 N–H and O–H groups in total. The van der Waals surface area contributed by atoms with Crippen LogP contribution >= 0.6 is 11.6 Å². The monoisotopic (exact) mass is 458 g/mol. The zero-order valence-electron chi connectivity index (χ0n) is 18.2. The van der Waals surface area contributed by atoms with Gasteiger partial charge in [-0.15, -0.1) is 0 Å². The first-order chi connectivity index (χ1) is 15.3. The molecule has 1 atom stereocenters. The molecule has 1 aromatic carbocycles. The van der Waals surface area contributed by atoms with Crippen molar-refractivity contribution < 1.29 is 14.4 Å². The van der Waals surface area contributed by atoms with Gasteiger partial charge in [0.1, 0.15) is 5.82 Å². The second kappa shape index (κ2) is 9.20. The molecule has 2 aliphatic heterocycles. The lowest BCUT2D eigenvalue weighted by Gasteiger charge is -2.37. The normalized spacial score (nSPS) is 17.3. The van der Waals surface area contributed by atoms with Gasteiger partial charge in [-0.2, -0.15) is 0 Å². The second-order valence-corrected chi connectivity index (χ2v) is 8.78. The molecule has 32 heavy (non-hydrogen) atoms. The van der Waals surface area contributed by atoms with Crippen molar-refractivity contribution in [2.45, 2.75) is 39.3 Å². The summed E-state index contributed by atoms with van der Waals surface area (Å²) in [7, 11) is 0. The number of halogens is 1. The quantitative estimate of drug-likeness (QED) is 0.719. The summed E-state index contributed by atoms with van der Waals surface area (Å²) in [5.74, 6) is 0.376. The number of hydrogen-bond donors (Lipinski definition) is 2. The SMILES string of the molecule is Cc1ncc2n1C(=O)N(C1CCN(C(=O)C(C)CNC(=O)Nc3ccc(Cl)cc3)CC1)C2. The summed E-state index contributed by atoms with van der Waals surface area (Å²) in [6, 6.07) is 6.53. The van der Waals surface area contributed by atoms with Gasteiger partial charge in [-0.3, -0.25) is 9.36 Å². The summed E-state index contributed by atoms with van der Waals surface area (Å²) in [6.45, 7) is 5.65. The van der Waals surface area contributed by atoms with Gasteiger partial charge in [0.05, 0.1) is 24.4 Å². The van der Waals surface area contributed by atoms with Crippen molar-refractivity contribution in [2.24, 2.45) is 5.92 Å². The average Bonchev–Trinajstić information content (AvgIpc) is 3.33. The molecule has 1 fully saturated rings. The van der Waals surface area contributed by atoms with E-state index in [-0.39, 0.29) is 36.5 Å². The number of rotatable bonds is 5. The molecule has 2 aliphatic rings. The number of nitrogens with zero attached hydrogens (tertiary/aromatic N) is 4. The van der Waals surface area contributed by atoms with E-state index < -0.39 is 0 Å². The molecule has 0 radical (unpaired) electrons. The zero-order valence-corrected chi connectivity index (χ0v) is 18.9. The predicted octanol–water partition coefficient (Wildman–Crippen LogP) is 3.08. The van der Waals surface area contributed by atoms with E-state index in [2.05, 4.69) is 15.6 Å². The van der Waals surface area contributed by atoms with E-state index >= 15 is 0 Å². The molecule has 4 rings (SSSR count). The molecule has 1 saturated heterocycles. The van der Waals surface area contributed by atoms with E-state index in [1.54, 1.807) is 35.0 Å². The van der Waals surface area contributed by atoms with Crippen LogP contribution in [0.25, 0.3) is 0 Å². The number of aromatic nitrogens is 2. The van der Waals surface area contributed by atoms with E-state index in [9.17, 15) is 14.4 Å². The molecule has 0 saturated carbocycles. The van der Waals surface area contributed by atoms with E-state index in [4.69, 9.17) is 11.6 Å². The summed E-state index contributed by atoms with van der Waals surface area (Å²) in [5, 5.41) is 6.05. The number of nitrogens with one attached hydrogen (secondary N) is 2. The van der Waals surface area contributed by atoms with Crippen LogP contribution in [0.5, 0.6) is 0 Å². The number of fused-ring (bicyclic) bond motifs is 1. The van der Waals surface area contributed by atoms with Gasteiger partial charge in [0, 0.05) is 36.4 Å². The van der Waals surface area contributed by atoms with Crippen LogP contribution in [0.3, 0.4) is 0 Å². The minimum Gasteiger partial charge on any atom is -0.342 e. The molecule has 10 heteroatoms. The molecular formula is C22H27ClN6O3. The molecule has 2 aromatic rings. The van der Waals surface area contributed by atoms with E-state index in [1.807, 2.05) is 23.6 Å². The third kappa shape index (κ3) is 4.57. The number of aryl methyl sites for hydroxylation is 1. The van der Waals surface area contributed by atoms with Crippen LogP contribution in [0.4, 0.5) is 15.3 Å². The summed E-state index contributed by atoms with van der Waals surface area (Å²) in [5.41, 5.74) is 1.55. The molecule has 9 nitrogen and oxygen atoms in total. The molecule has 3 heterocycles. The molecule has 0 bridgehead atoms. The Morgan fingerprint density at radius 3 is 2.56 bits per heavy atom. The molecule has 0 aliphatic carbocycles. The standard InChI is InChI=1S/C22H27ClN6O3/c1-14(11-25-21(31)26-17-5-3-16(23)4-6-17)20(30)27-9-7-18(8-10-27)28-13-19-12-24-15(2)29(19)22(28)32/h3-6,12,14,18H,7-11,13H2,1-2H3,(H2,25,26,31). The summed E-state index contributed by atoms with van der Waals surface area (Å²) in [4.78, 5) is 45.5. The first-order valence-corrected chi connectivity index (χ1v) is 11.1. The van der Waals surface area contributed by atoms with Crippen LogP contribution in [0.15, 0.2) is 30.5 Å². The number of anilines is 1. The number of piperidine rings is 1. The highest BCUT2D eigenvalue weighted by molar-refractivity contribution is 6.30. The number of carbonyl (C=O) groups excluding carboxylic acids is 3. The van der Waals surface area contributed by atoms with Crippen molar-refractivity contribution in [2.75, 3.05) is 25.0 Å². The first kappa shape index (κ1) is 22.1. The van der Waals surface area contributed by atoms with Crippen LogP contribution in [-0.2, 0) is 11.3 Å². The first-order valence-electron chi connectivity index (χ1n) is 10.8. The van der Waals surface area contributed by atoms with Crippen molar-refractivity contribution in [3.8, 4) is 0 Å². The van der Waals surface area contributed by atoms with Gasteiger partial charge in [0.25, 0.3) is 0 Å². The average molecular weight is 459 g/mol. The molecular weight excluding hydrogens is 432 g/mol. The fraction of sp³-hybridized carbons (Fsp3) is 0.455. The lowest BCUT2D eigenvalue weighted by atomic mass is 10.0. The molecule has 170 valence electrons. The number of imidazole rings is 1. The maximum Gasteiger partial charge on any atom is 0.330 e. The van der Waals surface area contributed by atoms with Crippen LogP contribution in [-0.4, -0.2) is 63.0 Å². The van der Waals surface area contributed by atoms with E-state index in [0.717, 1.165) is 18.5 Å². The summed E-state index contributed by atoms with van der Waals surface area (Å²) in [6.07, 6.45) is 3.24. The van der Waals surface area contributed by atoms with Crippen LogP contribution in [0.2, 0.25) is 5.02 Å². The predicted molar refractivity (Wildman–Crippen MR) is 121 cm³/mol. The minimum atomic E-state index is -0.369. The Kier molecular flexibility index (Phi) is 6.36.